The zero-order chi connectivity index (χ0) is 19.9. The second-order valence-electron chi connectivity index (χ2n) is 6.25. The van der Waals surface area contributed by atoms with E-state index in [1.165, 1.54) is 24.3 Å². The summed E-state index contributed by atoms with van der Waals surface area (Å²) in [4.78, 5) is 14.5. The van der Waals surface area contributed by atoms with Crippen LogP contribution in [0.25, 0.3) is 0 Å². The predicted molar refractivity (Wildman–Crippen MR) is 89.9 cm³/mol. The summed E-state index contributed by atoms with van der Waals surface area (Å²) in [5, 5.41) is 8.79. The van der Waals surface area contributed by atoms with E-state index in [4.69, 9.17) is 14.6 Å². The lowest BCUT2D eigenvalue weighted by Crippen LogP contribution is -2.48. The molecule has 0 bridgehead atoms. The molecule has 0 aromatic heterocycles. The van der Waals surface area contributed by atoms with Crippen molar-refractivity contribution in [1.29, 1.82) is 0 Å². The van der Waals surface area contributed by atoms with E-state index < -0.39 is 12.3 Å². The van der Waals surface area contributed by atoms with E-state index in [1.54, 1.807) is 11.9 Å². The summed E-state index contributed by atoms with van der Waals surface area (Å²) in [6.45, 7) is 3.42. The van der Waals surface area contributed by atoms with Crippen molar-refractivity contribution >= 4 is 5.97 Å². The van der Waals surface area contributed by atoms with E-state index in [-0.39, 0.29) is 18.4 Å². The van der Waals surface area contributed by atoms with Crippen LogP contribution in [0, 0.1) is 0 Å². The van der Waals surface area contributed by atoms with Crippen LogP contribution in [0.2, 0.25) is 0 Å². The maximum absolute atomic E-state index is 12.1. The molecule has 1 unspecified atom stereocenters. The number of halogens is 3. The first-order valence-electron chi connectivity index (χ1n) is 8.44. The van der Waals surface area contributed by atoms with Crippen LogP contribution in [0.4, 0.5) is 13.2 Å². The van der Waals surface area contributed by atoms with Crippen molar-refractivity contribution in [2.75, 3.05) is 53.0 Å². The van der Waals surface area contributed by atoms with Gasteiger partial charge in [-0.2, -0.15) is 0 Å². The van der Waals surface area contributed by atoms with Crippen LogP contribution >= 0.6 is 0 Å². The fraction of sp³-hybridized carbons (Fsp3) is 0.588. The van der Waals surface area contributed by atoms with Crippen LogP contribution in [0.15, 0.2) is 24.3 Å². The van der Waals surface area contributed by atoms with E-state index in [0.717, 1.165) is 6.54 Å². The largest absolute Gasteiger partial charge is 0.573 e. The fourth-order valence-electron chi connectivity index (χ4n) is 2.77. The van der Waals surface area contributed by atoms with Crippen molar-refractivity contribution in [2.45, 2.75) is 12.5 Å². The molecule has 1 fully saturated rings. The molecule has 0 spiro atoms. The number of morpholine rings is 1. The first kappa shape index (κ1) is 21.3. The average Bonchev–Trinajstić information content (AvgIpc) is 2.54. The highest BCUT2D eigenvalue weighted by Crippen LogP contribution is 2.24. The lowest BCUT2D eigenvalue weighted by atomic mass is 10.2. The lowest BCUT2D eigenvalue weighted by molar-refractivity contribution is -0.274. The van der Waals surface area contributed by atoms with Crippen LogP contribution < -0.4 is 9.47 Å². The normalized spacial score (nSPS) is 18.5. The number of aliphatic carboxylic acids is 1. The first-order chi connectivity index (χ1) is 12.7. The third kappa shape index (κ3) is 8.46. The maximum Gasteiger partial charge on any atom is 0.573 e. The zero-order valence-corrected chi connectivity index (χ0v) is 14.9. The van der Waals surface area contributed by atoms with Gasteiger partial charge in [-0.25, -0.2) is 0 Å². The molecular formula is C17H23F3N2O5. The van der Waals surface area contributed by atoms with Crippen molar-refractivity contribution in [2.24, 2.45) is 0 Å². The summed E-state index contributed by atoms with van der Waals surface area (Å²) >= 11 is 0. The van der Waals surface area contributed by atoms with Crippen LogP contribution in [0.5, 0.6) is 11.5 Å². The van der Waals surface area contributed by atoms with Crippen LogP contribution in [-0.4, -0.2) is 86.3 Å². The van der Waals surface area contributed by atoms with Gasteiger partial charge in [0.25, 0.3) is 0 Å². The van der Waals surface area contributed by atoms with Gasteiger partial charge in [-0.15, -0.1) is 13.2 Å². The number of carboxylic acids is 1. The molecule has 1 aromatic carbocycles. The quantitative estimate of drug-likeness (QED) is 0.686. The van der Waals surface area contributed by atoms with Crippen molar-refractivity contribution in [3.63, 3.8) is 0 Å². The summed E-state index contributed by atoms with van der Waals surface area (Å²) in [7, 11) is 1.73. The minimum Gasteiger partial charge on any atom is -0.492 e. The lowest BCUT2D eigenvalue weighted by Gasteiger charge is -2.34. The Morgan fingerprint density at radius 3 is 2.63 bits per heavy atom. The van der Waals surface area contributed by atoms with Gasteiger partial charge in [-0.3, -0.25) is 14.6 Å². The molecule has 0 aliphatic carbocycles. The summed E-state index contributed by atoms with van der Waals surface area (Å²) in [6, 6.07) is 5.24. The molecule has 1 aromatic rings. The smallest absolute Gasteiger partial charge is 0.492 e. The van der Waals surface area contributed by atoms with Crippen molar-refractivity contribution < 1.29 is 37.3 Å². The first-order valence-corrected chi connectivity index (χ1v) is 8.44. The Bertz CT molecular complexity index is 597. The molecule has 2 rings (SSSR count). The standard InChI is InChI=1S/C17H23F3N2O5/c1-21(12-16(23)24)10-15-11-22(7-9-26-15)6-8-25-13-2-4-14(5-3-13)27-17(18,19)20/h2-5,15H,6-12H2,1H3,(H,23,24). The van der Waals surface area contributed by atoms with Gasteiger partial charge in [-0.1, -0.05) is 0 Å². The molecule has 0 radical (unpaired) electrons. The van der Waals surface area contributed by atoms with Gasteiger partial charge in [0.05, 0.1) is 19.3 Å². The van der Waals surface area contributed by atoms with Crippen molar-refractivity contribution in [3.8, 4) is 11.5 Å². The molecule has 1 atom stereocenters. The molecule has 1 saturated heterocycles. The van der Waals surface area contributed by atoms with Crippen LogP contribution in [0.3, 0.4) is 0 Å². The van der Waals surface area contributed by atoms with Gasteiger partial charge >= 0.3 is 12.3 Å². The van der Waals surface area contributed by atoms with Crippen LogP contribution in [-0.2, 0) is 9.53 Å². The summed E-state index contributed by atoms with van der Waals surface area (Å²) in [5.41, 5.74) is 0. The van der Waals surface area contributed by atoms with E-state index in [1.807, 2.05) is 0 Å². The monoisotopic (exact) mass is 392 g/mol. The van der Waals surface area contributed by atoms with Gasteiger partial charge in [0.1, 0.15) is 18.1 Å². The number of carboxylic acid groups (broad SMARTS) is 1. The molecule has 7 nitrogen and oxygen atoms in total. The van der Waals surface area contributed by atoms with Gasteiger partial charge in [0.2, 0.25) is 0 Å². The fourth-order valence-corrected chi connectivity index (χ4v) is 2.77. The molecular weight excluding hydrogens is 369 g/mol. The molecule has 27 heavy (non-hydrogen) atoms. The molecule has 152 valence electrons. The summed E-state index contributed by atoms with van der Waals surface area (Å²) in [5.74, 6) is -0.725. The maximum atomic E-state index is 12.1. The topological polar surface area (TPSA) is 71.5 Å². The number of hydrogen-bond donors (Lipinski definition) is 1. The molecule has 0 amide bonds. The predicted octanol–water partition coefficient (Wildman–Crippen LogP) is 1.68. The Labute approximate surface area is 155 Å². The zero-order valence-electron chi connectivity index (χ0n) is 14.9. The summed E-state index contributed by atoms with van der Waals surface area (Å²) < 4.78 is 51.4. The Kier molecular flexibility index (Phi) is 7.69. The number of benzene rings is 1. The molecule has 1 heterocycles. The highest BCUT2D eigenvalue weighted by atomic mass is 19.4. The molecule has 10 heteroatoms. The van der Waals surface area contributed by atoms with E-state index >= 15 is 0 Å². The molecule has 1 aliphatic rings. The van der Waals surface area contributed by atoms with Gasteiger partial charge < -0.3 is 19.3 Å². The van der Waals surface area contributed by atoms with E-state index in [9.17, 15) is 18.0 Å². The minimum absolute atomic E-state index is 0.0446. The number of likely N-dealkylation sites (N-methyl/N-ethyl adjacent to an activating group) is 1. The number of alkyl halides is 3. The third-order valence-corrected chi connectivity index (χ3v) is 3.88. The van der Waals surface area contributed by atoms with E-state index in [2.05, 4.69) is 9.64 Å². The van der Waals surface area contributed by atoms with Crippen molar-refractivity contribution in [1.82, 2.24) is 9.80 Å². The molecule has 1 N–H and O–H groups in total. The molecule has 0 saturated carbocycles. The highest BCUT2D eigenvalue weighted by Gasteiger charge is 2.31. The SMILES string of the molecule is CN(CC(=O)O)CC1CN(CCOc2ccc(OC(F)(F)F)cc2)CCO1. The summed E-state index contributed by atoms with van der Waals surface area (Å²) in [6.07, 6.45) is -4.80. The van der Waals surface area contributed by atoms with Crippen molar-refractivity contribution in [3.05, 3.63) is 24.3 Å². The number of nitrogens with zero attached hydrogens (tertiary/aromatic N) is 2. The molecule has 1 aliphatic heterocycles. The van der Waals surface area contributed by atoms with E-state index in [0.29, 0.717) is 38.6 Å². The van der Waals surface area contributed by atoms with Crippen LogP contribution in [0.1, 0.15) is 0 Å². The Balaban J connectivity index is 1.71. The second-order valence-corrected chi connectivity index (χ2v) is 6.25. The Morgan fingerprint density at radius 2 is 2.00 bits per heavy atom. The highest BCUT2D eigenvalue weighted by molar-refractivity contribution is 5.69. The Hall–Kier alpha value is -2.04. The average molecular weight is 392 g/mol. The minimum atomic E-state index is -4.71. The Morgan fingerprint density at radius 1 is 1.33 bits per heavy atom. The number of carbonyl (C=O) groups is 1. The number of ether oxygens (including phenoxy) is 3. The number of hydrogen-bond acceptors (Lipinski definition) is 6. The number of rotatable bonds is 9. The van der Waals surface area contributed by atoms with Gasteiger partial charge in [0, 0.05) is 26.2 Å². The van der Waals surface area contributed by atoms with Gasteiger partial charge in [0.15, 0.2) is 0 Å². The third-order valence-electron chi connectivity index (χ3n) is 3.88. The second kappa shape index (κ2) is 9.77. The van der Waals surface area contributed by atoms with Gasteiger partial charge in [-0.05, 0) is 31.3 Å².